The lowest BCUT2D eigenvalue weighted by Gasteiger charge is -2.38. The third kappa shape index (κ3) is 4.71. The number of guanidine groups is 1. The number of ether oxygens (including phenoxy) is 1. The van der Waals surface area contributed by atoms with E-state index < -0.39 is 0 Å². The van der Waals surface area contributed by atoms with Gasteiger partial charge in [0.2, 0.25) is 0 Å². The van der Waals surface area contributed by atoms with Crippen LogP contribution >= 0.6 is 0 Å². The fraction of sp³-hybridized carbons (Fsp3) is 0.556. The van der Waals surface area contributed by atoms with Gasteiger partial charge in [-0.2, -0.15) is 0 Å². The van der Waals surface area contributed by atoms with E-state index in [1.165, 1.54) is 12.7 Å². The number of aliphatic imine (C=N–C) groups is 1. The minimum absolute atomic E-state index is 0.205. The zero-order valence-electron chi connectivity index (χ0n) is 14.3. The van der Waals surface area contributed by atoms with Crippen LogP contribution < -0.4 is 5.32 Å². The van der Waals surface area contributed by atoms with Gasteiger partial charge in [0.15, 0.2) is 5.96 Å². The molecule has 5 heteroatoms. The van der Waals surface area contributed by atoms with Crippen LogP contribution in [0.2, 0.25) is 0 Å². The maximum absolute atomic E-state index is 11.2. The number of piperidine rings is 1. The standard InChI is InChI=1S/C18H27N3O2/c1-14-13-21(18(19-2)20-11-9-17(22)23-3)12-10-16(14)15-7-5-4-6-8-15/h4-8,14,16H,9-13H2,1-3H3,(H,19,20). The summed E-state index contributed by atoms with van der Waals surface area (Å²) in [6, 6.07) is 10.7. The van der Waals surface area contributed by atoms with Gasteiger partial charge in [0.05, 0.1) is 13.5 Å². The largest absolute Gasteiger partial charge is 0.469 e. The van der Waals surface area contributed by atoms with Crippen molar-refractivity contribution in [1.29, 1.82) is 0 Å². The third-order valence-corrected chi connectivity index (χ3v) is 4.48. The van der Waals surface area contributed by atoms with Gasteiger partial charge in [-0.3, -0.25) is 9.79 Å². The van der Waals surface area contributed by atoms with Gasteiger partial charge in [0.25, 0.3) is 0 Å². The zero-order chi connectivity index (χ0) is 16.7. The Bertz CT molecular complexity index is 530. The molecule has 2 unspecified atom stereocenters. The number of carbonyl (C=O) groups is 1. The zero-order valence-corrected chi connectivity index (χ0v) is 14.3. The van der Waals surface area contributed by atoms with E-state index in [4.69, 9.17) is 0 Å². The smallest absolute Gasteiger partial charge is 0.307 e. The Morgan fingerprint density at radius 1 is 1.39 bits per heavy atom. The average molecular weight is 317 g/mol. The Kier molecular flexibility index (Phi) is 6.44. The number of likely N-dealkylation sites (tertiary alicyclic amines) is 1. The number of benzene rings is 1. The second-order valence-corrected chi connectivity index (χ2v) is 6.03. The predicted molar refractivity (Wildman–Crippen MR) is 92.5 cm³/mol. The first-order valence-corrected chi connectivity index (χ1v) is 8.23. The molecule has 1 aromatic carbocycles. The Morgan fingerprint density at radius 2 is 2.13 bits per heavy atom. The van der Waals surface area contributed by atoms with E-state index in [0.29, 0.717) is 24.8 Å². The number of esters is 1. The molecule has 2 rings (SSSR count). The highest BCUT2D eigenvalue weighted by molar-refractivity contribution is 5.80. The molecular weight excluding hydrogens is 290 g/mol. The Morgan fingerprint density at radius 3 is 2.74 bits per heavy atom. The van der Waals surface area contributed by atoms with E-state index in [-0.39, 0.29) is 5.97 Å². The number of hydrogen-bond donors (Lipinski definition) is 1. The molecule has 23 heavy (non-hydrogen) atoms. The molecule has 0 aliphatic carbocycles. The van der Waals surface area contributed by atoms with Crippen molar-refractivity contribution in [3.63, 3.8) is 0 Å². The van der Waals surface area contributed by atoms with E-state index in [1.54, 1.807) is 7.05 Å². The van der Waals surface area contributed by atoms with Gasteiger partial charge in [-0.25, -0.2) is 0 Å². The molecule has 2 atom stereocenters. The monoisotopic (exact) mass is 317 g/mol. The molecular formula is C18H27N3O2. The van der Waals surface area contributed by atoms with Gasteiger partial charge in [-0.05, 0) is 23.8 Å². The number of nitrogens with zero attached hydrogens (tertiary/aromatic N) is 2. The Labute approximate surface area is 138 Å². The third-order valence-electron chi connectivity index (χ3n) is 4.48. The highest BCUT2D eigenvalue weighted by Gasteiger charge is 2.28. The maximum Gasteiger partial charge on any atom is 0.307 e. The summed E-state index contributed by atoms with van der Waals surface area (Å²) < 4.78 is 4.66. The van der Waals surface area contributed by atoms with Gasteiger partial charge in [-0.1, -0.05) is 37.3 Å². The summed E-state index contributed by atoms with van der Waals surface area (Å²) in [5.74, 6) is 1.82. The molecule has 0 saturated carbocycles. The summed E-state index contributed by atoms with van der Waals surface area (Å²) in [6.45, 7) is 4.79. The van der Waals surface area contributed by atoms with Gasteiger partial charge >= 0.3 is 5.97 Å². The molecule has 0 bridgehead atoms. The first-order chi connectivity index (χ1) is 11.2. The van der Waals surface area contributed by atoms with Crippen LogP contribution in [0.25, 0.3) is 0 Å². The number of hydrogen-bond acceptors (Lipinski definition) is 3. The fourth-order valence-corrected chi connectivity index (χ4v) is 3.24. The molecule has 1 heterocycles. The summed E-state index contributed by atoms with van der Waals surface area (Å²) in [7, 11) is 3.20. The first-order valence-electron chi connectivity index (χ1n) is 8.23. The molecule has 126 valence electrons. The summed E-state index contributed by atoms with van der Waals surface area (Å²) in [5.41, 5.74) is 1.42. The lowest BCUT2D eigenvalue weighted by Crippen LogP contribution is -2.48. The molecule has 0 aromatic heterocycles. The molecule has 0 amide bonds. The molecule has 1 aliphatic rings. The predicted octanol–water partition coefficient (Wildman–Crippen LogP) is 2.25. The highest BCUT2D eigenvalue weighted by Crippen LogP contribution is 2.32. The number of methoxy groups -OCH3 is 1. The van der Waals surface area contributed by atoms with Crippen LogP contribution in [0.1, 0.15) is 31.2 Å². The van der Waals surface area contributed by atoms with Crippen molar-refractivity contribution in [3.8, 4) is 0 Å². The van der Waals surface area contributed by atoms with Crippen LogP contribution in [0.5, 0.6) is 0 Å². The van der Waals surface area contributed by atoms with E-state index in [0.717, 1.165) is 25.5 Å². The summed E-state index contributed by atoms with van der Waals surface area (Å²) >= 11 is 0. The molecule has 1 aromatic rings. The van der Waals surface area contributed by atoms with Gasteiger partial charge < -0.3 is 15.0 Å². The van der Waals surface area contributed by atoms with Crippen molar-refractivity contribution in [2.75, 3.05) is 33.8 Å². The van der Waals surface area contributed by atoms with Crippen molar-refractivity contribution in [2.45, 2.75) is 25.7 Å². The van der Waals surface area contributed by atoms with Crippen molar-refractivity contribution in [3.05, 3.63) is 35.9 Å². The number of nitrogens with one attached hydrogen (secondary N) is 1. The highest BCUT2D eigenvalue weighted by atomic mass is 16.5. The summed E-state index contributed by atoms with van der Waals surface area (Å²) in [5, 5.41) is 3.25. The second kappa shape index (κ2) is 8.56. The van der Waals surface area contributed by atoms with E-state index in [1.807, 2.05) is 0 Å². The SMILES string of the molecule is CN=C(NCCC(=O)OC)N1CCC(c2ccccc2)C(C)C1. The van der Waals surface area contributed by atoms with E-state index in [9.17, 15) is 4.79 Å². The van der Waals surface area contributed by atoms with Crippen LogP contribution in [0, 0.1) is 5.92 Å². The molecule has 1 aliphatic heterocycles. The first kappa shape index (κ1) is 17.3. The van der Waals surface area contributed by atoms with Crippen LogP contribution in [-0.2, 0) is 9.53 Å². The van der Waals surface area contributed by atoms with Crippen molar-refractivity contribution in [1.82, 2.24) is 10.2 Å². The average Bonchev–Trinajstić information content (AvgIpc) is 2.59. The number of carbonyl (C=O) groups excluding carboxylic acids is 1. The minimum atomic E-state index is -0.205. The summed E-state index contributed by atoms with van der Waals surface area (Å²) in [4.78, 5) is 17.8. The normalized spacial score (nSPS) is 21.9. The van der Waals surface area contributed by atoms with Crippen LogP contribution in [0.15, 0.2) is 35.3 Å². The van der Waals surface area contributed by atoms with Crippen LogP contribution in [0.3, 0.4) is 0 Å². The molecule has 1 fully saturated rings. The van der Waals surface area contributed by atoms with Gasteiger partial charge in [-0.15, -0.1) is 0 Å². The fourth-order valence-electron chi connectivity index (χ4n) is 3.24. The van der Waals surface area contributed by atoms with Gasteiger partial charge in [0.1, 0.15) is 0 Å². The second-order valence-electron chi connectivity index (χ2n) is 6.03. The Hall–Kier alpha value is -2.04. The lowest BCUT2D eigenvalue weighted by molar-refractivity contribution is -0.140. The molecule has 0 radical (unpaired) electrons. The quantitative estimate of drug-likeness (QED) is 0.526. The van der Waals surface area contributed by atoms with E-state index in [2.05, 4.69) is 57.2 Å². The van der Waals surface area contributed by atoms with Gasteiger partial charge in [0, 0.05) is 26.7 Å². The van der Waals surface area contributed by atoms with E-state index >= 15 is 0 Å². The summed E-state index contributed by atoms with van der Waals surface area (Å²) in [6.07, 6.45) is 1.47. The van der Waals surface area contributed by atoms with Crippen LogP contribution in [-0.4, -0.2) is 50.6 Å². The lowest BCUT2D eigenvalue weighted by atomic mass is 9.82. The molecule has 0 spiro atoms. The molecule has 1 saturated heterocycles. The topological polar surface area (TPSA) is 53.9 Å². The minimum Gasteiger partial charge on any atom is -0.469 e. The van der Waals surface area contributed by atoms with Crippen molar-refractivity contribution >= 4 is 11.9 Å². The van der Waals surface area contributed by atoms with Crippen molar-refractivity contribution in [2.24, 2.45) is 10.9 Å². The number of rotatable bonds is 4. The van der Waals surface area contributed by atoms with Crippen molar-refractivity contribution < 1.29 is 9.53 Å². The molecule has 1 N–H and O–H groups in total. The molecule has 5 nitrogen and oxygen atoms in total. The van der Waals surface area contributed by atoms with Crippen LogP contribution in [0.4, 0.5) is 0 Å². The Balaban J connectivity index is 1.89. The maximum atomic E-state index is 11.2.